The highest BCUT2D eigenvalue weighted by molar-refractivity contribution is 5.64. The molecule has 0 unspecified atom stereocenters. The topological polar surface area (TPSA) is 78.3 Å². The maximum absolute atomic E-state index is 9.90. The van der Waals surface area contributed by atoms with Crippen molar-refractivity contribution in [2.24, 2.45) is 23.3 Å². The van der Waals surface area contributed by atoms with Gasteiger partial charge < -0.3 is 16.2 Å². The maximum atomic E-state index is 9.90. The fourth-order valence-corrected chi connectivity index (χ4v) is 0.249. The van der Waals surface area contributed by atoms with Crippen molar-refractivity contribution in [3.8, 4) is 0 Å². The largest absolute Gasteiger partial charge is 0.449 e. The van der Waals surface area contributed by atoms with E-state index in [-0.39, 0.29) is 0 Å². The van der Waals surface area contributed by atoms with Crippen molar-refractivity contribution >= 4 is 6.09 Å². The van der Waals surface area contributed by atoms with Crippen LogP contribution >= 0.6 is 0 Å². The monoisotopic (exact) mass is 190 g/mol. The number of amides is 1. The Labute approximate surface area is 80.6 Å². The predicted octanol–water partition coefficient (Wildman–Crippen LogP) is 1.34. The van der Waals surface area contributed by atoms with Gasteiger partial charge in [-0.25, -0.2) is 4.79 Å². The molecule has 0 aromatic carbocycles. The number of nitrogens with two attached hydrogens (primary N) is 2. The lowest BCUT2D eigenvalue weighted by Crippen LogP contribution is -2.16. The van der Waals surface area contributed by atoms with Gasteiger partial charge >= 0.3 is 6.09 Å². The Balaban J connectivity index is 0. The van der Waals surface area contributed by atoms with Crippen molar-refractivity contribution in [3.63, 3.8) is 0 Å². The standard InChI is InChI=1S/C5H11NO2.C4H11N/c1-4(2)3-8-5(6)7;1-4(2)3-5/h4H,3H2,1-2H3,(H2,6,7);4H,3,5H2,1-2H3. The normalized spacial score (nSPS) is 9.46. The van der Waals surface area contributed by atoms with E-state index in [2.05, 4.69) is 24.3 Å². The number of hydrogen-bond acceptors (Lipinski definition) is 3. The average Bonchev–Trinajstić information content (AvgIpc) is 2.02. The fourth-order valence-electron chi connectivity index (χ4n) is 0.249. The van der Waals surface area contributed by atoms with Gasteiger partial charge in [-0.2, -0.15) is 0 Å². The molecule has 1 amide bonds. The van der Waals surface area contributed by atoms with E-state index >= 15 is 0 Å². The molecule has 0 saturated carbocycles. The minimum absolute atomic E-state index is 0.363. The second kappa shape index (κ2) is 9.32. The molecule has 0 aliphatic heterocycles. The highest BCUT2D eigenvalue weighted by Gasteiger charge is 1.95. The molecule has 0 aromatic heterocycles. The minimum Gasteiger partial charge on any atom is -0.449 e. The first-order chi connectivity index (χ1) is 5.90. The van der Waals surface area contributed by atoms with Gasteiger partial charge in [0.1, 0.15) is 0 Å². The van der Waals surface area contributed by atoms with Crippen molar-refractivity contribution in [3.05, 3.63) is 0 Å². The van der Waals surface area contributed by atoms with Gasteiger partial charge in [-0.1, -0.05) is 27.7 Å². The Morgan fingerprint density at radius 2 is 1.62 bits per heavy atom. The second-order valence-electron chi connectivity index (χ2n) is 3.65. The van der Waals surface area contributed by atoms with Gasteiger partial charge in [-0.05, 0) is 18.4 Å². The van der Waals surface area contributed by atoms with Gasteiger partial charge in [0.2, 0.25) is 0 Å². The van der Waals surface area contributed by atoms with E-state index in [0.717, 1.165) is 6.54 Å². The lowest BCUT2D eigenvalue weighted by molar-refractivity contribution is 0.143. The number of ether oxygens (including phenoxy) is 1. The van der Waals surface area contributed by atoms with Crippen molar-refractivity contribution in [1.82, 2.24) is 0 Å². The summed E-state index contributed by atoms with van der Waals surface area (Å²) in [5, 5.41) is 0. The van der Waals surface area contributed by atoms with Gasteiger partial charge in [0.25, 0.3) is 0 Å². The summed E-state index contributed by atoms with van der Waals surface area (Å²) < 4.78 is 4.44. The summed E-state index contributed by atoms with van der Waals surface area (Å²) in [6.07, 6.45) is -0.696. The van der Waals surface area contributed by atoms with Crippen LogP contribution in [0.25, 0.3) is 0 Å². The van der Waals surface area contributed by atoms with Gasteiger partial charge in [0.15, 0.2) is 0 Å². The van der Waals surface area contributed by atoms with Gasteiger partial charge in [0, 0.05) is 0 Å². The Morgan fingerprint density at radius 3 is 1.69 bits per heavy atom. The van der Waals surface area contributed by atoms with Crippen LogP contribution in [0.15, 0.2) is 0 Å². The van der Waals surface area contributed by atoms with E-state index < -0.39 is 6.09 Å². The highest BCUT2D eigenvalue weighted by Crippen LogP contribution is 1.90. The lowest BCUT2D eigenvalue weighted by Gasteiger charge is -2.01. The minimum atomic E-state index is -0.696. The Bertz CT molecular complexity index is 125. The van der Waals surface area contributed by atoms with Crippen LogP contribution < -0.4 is 11.5 Å². The molecule has 4 nitrogen and oxygen atoms in total. The SMILES string of the molecule is CC(C)CN.CC(C)COC(N)=O. The molecule has 0 bridgehead atoms. The molecule has 13 heavy (non-hydrogen) atoms. The lowest BCUT2D eigenvalue weighted by atomic mass is 10.2. The van der Waals surface area contributed by atoms with Crippen molar-refractivity contribution in [1.29, 1.82) is 0 Å². The number of rotatable bonds is 3. The fraction of sp³-hybridized carbons (Fsp3) is 0.889. The number of primary amides is 1. The van der Waals surface area contributed by atoms with Crippen LogP contribution in [-0.4, -0.2) is 19.2 Å². The zero-order chi connectivity index (χ0) is 10.9. The van der Waals surface area contributed by atoms with Crippen LogP contribution in [-0.2, 0) is 4.74 Å². The smallest absolute Gasteiger partial charge is 0.404 e. The van der Waals surface area contributed by atoms with E-state index in [4.69, 9.17) is 5.73 Å². The molecule has 0 heterocycles. The first-order valence-corrected chi connectivity index (χ1v) is 4.52. The Hall–Kier alpha value is -0.770. The first kappa shape index (κ1) is 14.7. The average molecular weight is 190 g/mol. The molecule has 0 fully saturated rings. The molecule has 0 saturated heterocycles. The van der Waals surface area contributed by atoms with Crippen LogP contribution in [0.3, 0.4) is 0 Å². The zero-order valence-corrected chi connectivity index (χ0v) is 9.04. The number of carbonyl (C=O) groups excluding carboxylic acids is 1. The summed E-state index contributed by atoms with van der Waals surface area (Å²) in [7, 11) is 0. The molecular formula is C9H22N2O2. The Morgan fingerprint density at radius 1 is 1.23 bits per heavy atom. The zero-order valence-electron chi connectivity index (χ0n) is 9.04. The van der Waals surface area contributed by atoms with E-state index in [9.17, 15) is 4.79 Å². The predicted molar refractivity (Wildman–Crippen MR) is 54.3 cm³/mol. The summed E-state index contributed by atoms with van der Waals surface area (Å²) in [5.41, 5.74) is 9.85. The van der Waals surface area contributed by atoms with Crippen molar-refractivity contribution in [2.45, 2.75) is 27.7 Å². The third kappa shape index (κ3) is 24.6. The summed E-state index contributed by atoms with van der Waals surface area (Å²) in [6.45, 7) is 9.31. The van der Waals surface area contributed by atoms with Crippen LogP contribution in [0.4, 0.5) is 4.79 Å². The second-order valence-corrected chi connectivity index (χ2v) is 3.65. The van der Waals surface area contributed by atoms with Crippen molar-refractivity contribution in [2.75, 3.05) is 13.2 Å². The summed E-state index contributed by atoms with van der Waals surface area (Å²) >= 11 is 0. The van der Waals surface area contributed by atoms with E-state index in [1.165, 1.54) is 0 Å². The molecule has 0 radical (unpaired) electrons. The van der Waals surface area contributed by atoms with Crippen LogP contribution in [0, 0.1) is 11.8 Å². The summed E-state index contributed by atoms with van der Waals surface area (Å²) in [5.74, 6) is 1.03. The quantitative estimate of drug-likeness (QED) is 0.704. The van der Waals surface area contributed by atoms with Crippen LogP contribution in [0.2, 0.25) is 0 Å². The van der Waals surface area contributed by atoms with Crippen LogP contribution in [0.1, 0.15) is 27.7 Å². The molecular weight excluding hydrogens is 168 g/mol. The molecule has 0 atom stereocenters. The third-order valence-electron chi connectivity index (χ3n) is 1.03. The van der Waals surface area contributed by atoms with Gasteiger partial charge in [0.05, 0.1) is 6.61 Å². The molecule has 0 aliphatic rings. The van der Waals surface area contributed by atoms with Crippen LogP contribution in [0.5, 0.6) is 0 Å². The molecule has 80 valence electrons. The van der Waals surface area contributed by atoms with Gasteiger partial charge in [-0.3, -0.25) is 0 Å². The maximum Gasteiger partial charge on any atom is 0.404 e. The molecule has 0 spiro atoms. The molecule has 4 heteroatoms. The first-order valence-electron chi connectivity index (χ1n) is 4.52. The number of carbonyl (C=O) groups is 1. The third-order valence-corrected chi connectivity index (χ3v) is 1.03. The molecule has 4 N–H and O–H groups in total. The van der Waals surface area contributed by atoms with Gasteiger partial charge in [-0.15, -0.1) is 0 Å². The van der Waals surface area contributed by atoms with E-state index in [0.29, 0.717) is 18.4 Å². The molecule has 0 aliphatic carbocycles. The summed E-state index contributed by atoms with van der Waals surface area (Å²) in [4.78, 5) is 9.90. The van der Waals surface area contributed by atoms with E-state index in [1.54, 1.807) is 0 Å². The Kier molecular flexibility index (Phi) is 10.6. The highest BCUT2D eigenvalue weighted by atomic mass is 16.5. The van der Waals surface area contributed by atoms with Crippen molar-refractivity contribution < 1.29 is 9.53 Å². The summed E-state index contributed by atoms with van der Waals surface area (Å²) in [6, 6.07) is 0. The molecule has 0 rings (SSSR count). The molecule has 0 aromatic rings. The number of hydrogen-bond donors (Lipinski definition) is 2. The van der Waals surface area contributed by atoms with E-state index in [1.807, 2.05) is 13.8 Å².